The lowest BCUT2D eigenvalue weighted by Gasteiger charge is -2.29. The molecule has 34 heavy (non-hydrogen) atoms. The van der Waals surface area contributed by atoms with Crippen LogP contribution in [0.25, 0.3) is 0 Å². The van der Waals surface area contributed by atoms with Gasteiger partial charge in [0, 0.05) is 23.5 Å². The highest BCUT2D eigenvalue weighted by Gasteiger charge is 2.45. The number of halogens is 4. The number of pyridine rings is 3. The van der Waals surface area contributed by atoms with Crippen molar-refractivity contribution in [2.75, 3.05) is 10.6 Å². The number of aliphatic hydroxyl groups is 1. The number of hydrogen-bond acceptors (Lipinski definition) is 6. The number of amides is 1. The fourth-order valence-corrected chi connectivity index (χ4v) is 3.91. The molecule has 1 unspecified atom stereocenters. The van der Waals surface area contributed by atoms with Crippen LogP contribution in [0.5, 0.6) is 0 Å². The lowest BCUT2D eigenvalue weighted by molar-refractivity contribution is -0.137. The number of rotatable bonds is 7. The molecule has 0 radical (unpaired) electrons. The van der Waals surface area contributed by atoms with Gasteiger partial charge in [0.15, 0.2) is 0 Å². The fourth-order valence-electron chi connectivity index (χ4n) is 3.75. The van der Waals surface area contributed by atoms with Crippen LogP contribution in [0, 0.1) is 5.92 Å². The summed E-state index contributed by atoms with van der Waals surface area (Å²) in [5.74, 6) is -0.0397. The number of alkyl halides is 3. The summed E-state index contributed by atoms with van der Waals surface area (Å²) in [5.41, 5.74) is -0.913. The summed E-state index contributed by atoms with van der Waals surface area (Å²) in [5, 5.41) is 17.0. The molecule has 11 heteroatoms. The van der Waals surface area contributed by atoms with Crippen molar-refractivity contribution in [1.29, 1.82) is 0 Å². The van der Waals surface area contributed by atoms with Gasteiger partial charge in [-0.3, -0.25) is 4.79 Å². The Morgan fingerprint density at radius 2 is 1.88 bits per heavy atom. The van der Waals surface area contributed by atoms with Gasteiger partial charge in [-0.2, -0.15) is 13.2 Å². The van der Waals surface area contributed by atoms with Crippen LogP contribution in [0.2, 0.25) is 5.15 Å². The van der Waals surface area contributed by atoms with Gasteiger partial charge in [-0.05, 0) is 55.5 Å². The molecule has 1 aliphatic rings. The summed E-state index contributed by atoms with van der Waals surface area (Å²) in [6.45, 7) is 1.87. The van der Waals surface area contributed by atoms with Crippen LogP contribution in [-0.2, 0) is 11.8 Å². The molecule has 0 spiro atoms. The maximum atomic E-state index is 13.0. The Balaban J connectivity index is 1.54. The molecule has 0 aliphatic heterocycles. The number of nitrogens with zero attached hydrogens (tertiary/aromatic N) is 3. The average Bonchev–Trinajstić information content (AvgIpc) is 3.66. The third kappa shape index (κ3) is 5.13. The van der Waals surface area contributed by atoms with Crippen LogP contribution in [0.4, 0.5) is 30.5 Å². The van der Waals surface area contributed by atoms with E-state index in [1.54, 1.807) is 6.07 Å². The van der Waals surface area contributed by atoms with E-state index < -0.39 is 23.2 Å². The van der Waals surface area contributed by atoms with Crippen LogP contribution in [0.1, 0.15) is 47.7 Å². The summed E-state index contributed by atoms with van der Waals surface area (Å²) >= 11 is 6.07. The van der Waals surface area contributed by atoms with Gasteiger partial charge >= 0.3 is 6.18 Å². The van der Waals surface area contributed by atoms with Crippen molar-refractivity contribution in [1.82, 2.24) is 15.0 Å². The van der Waals surface area contributed by atoms with E-state index in [1.807, 2.05) is 6.92 Å². The Kier molecular flexibility index (Phi) is 6.46. The largest absolute Gasteiger partial charge is 0.417 e. The molecule has 1 fully saturated rings. The molecule has 3 aromatic heterocycles. The smallest absolute Gasteiger partial charge is 0.385 e. The van der Waals surface area contributed by atoms with Crippen molar-refractivity contribution in [2.45, 2.75) is 38.0 Å². The fraction of sp³-hybridized carbons (Fsp3) is 0.304. The normalized spacial score (nSPS) is 15.5. The lowest BCUT2D eigenvalue weighted by atomic mass is 9.86. The zero-order chi connectivity index (χ0) is 24.5. The van der Waals surface area contributed by atoms with Gasteiger partial charge in [-0.25, -0.2) is 15.0 Å². The van der Waals surface area contributed by atoms with E-state index in [9.17, 15) is 23.1 Å². The van der Waals surface area contributed by atoms with Gasteiger partial charge in [-0.15, -0.1) is 0 Å². The van der Waals surface area contributed by atoms with Crippen LogP contribution >= 0.6 is 11.6 Å². The molecule has 3 aromatic rings. The van der Waals surface area contributed by atoms with E-state index in [0.717, 1.165) is 18.9 Å². The third-order valence-corrected chi connectivity index (χ3v) is 5.95. The molecule has 1 aliphatic carbocycles. The molecule has 4 rings (SSSR count). The second-order valence-electron chi connectivity index (χ2n) is 8.04. The topological polar surface area (TPSA) is 100 Å². The highest BCUT2D eigenvalue weighted by molar-refractivity contribution is 6.29. The van der Waals surface area contributed by atoms with Gasteiger partial charge in [-0.1, -0.05) is 18.5 Å². The predicted molar refractivity (Wildman–Crippen MR) is 121 cm³/mol. The van der Waals surface area contributed by atoms with Crippen LogP contribution in [0.15, 0.2) is 48.9 Å². The SMILES string of the molecule is CCC(O)(c1cc(Cl)ncc1NC(=O)c1ccnc(Nc2ccc(C(F)(F)F)cn2)c1)C1CC1. The van der Waals surface area contributed by atoms with E-state index >= 15 is 0 Å². The Bertz CT molecular complexity index is 1200. The summed E-state index contributed by atoms with van der Waals surface area (Å²) in [6.07, 6.45) is 1.23. The molecular formula is C23H21ClF3N5O2. The van der Waals surface area contributed by atoms with Crippen LogP contribution < -0.4 is 10.6 Å². The maximum Gasteiger partial charge on any atom is 0.417 e. The number of nitrogens with one attached hydrogen (secondary N) is 2. The maximum absolute atomic E-state index is 13.0. The molecule has 0 aromatic carbocycles. The summed E-state index contributed by atoms with van der Waals surface area (Å²) in [7, 11) is 0. The number of aromatic nitrogens is 3. The van der Waals surface area contributed by atoms with Crippen molar-refractivity contribution in [3.8, 4) is 0 Å². The van der Waals surface area contributed by atoms with E-state index in [4.69, 9.17) is 11.6 Å². The van der Waals surface area contributed by atoms with Crippen LogP contribution in [0.3, 0.4) is 0 Å². The zero-order valence-electron chi connectivity index (χ0n) is 18.0. The highest BCUT2D eigenvalue weighted by atomic mass is 35.5. The molecule has 1 saturated carbocycles. The van der Waals surface area contributed by atoms with E-state index in [1.165, 1.54) is 30.6 Å². The molecule has 178 valence electrons. The lowest BCUT2D eigenvalue weighted by Crippen LogP contribution is -2.29. The molecule has 3 heterocycles. The predicted octanol–water partition coefficient (Wildman–Crippen LogP) is 5.55. The first-order valence-electron chi connectivity index (χ1n) is 10.6. The third-order valence-electron chi connectivity index (χ3n) is 5.75. The Labute approximate surface area is 198 Å². The number of anilines is 3. The molecule has 1 atom stereocenters. The quantitative estimate of drug-likeness (QED) is 0.375. The zero-order valence-corrected chi connectivity index (χ0v) is 18.8. The van der Waals surface area contributed by atoms with E-state index in [-0.39, 0.29) is 28.3 Å². The average molecular weight is 492 g/mol. The Morgan fingerprint density at radius 1 is 1.12 bits per heavy atom. The van der Waals surface area contributed by atoms with Gasteiger partial charge in [0.25, 0.3) is 5.91 Å². The van der Waals surface area contributed by atoms with Gasteiger partial charge in [0.05, 0.1) is 23.0 Å². The summed E-state index contributed by atoms with van der Waals surface area (Å²) in [6, 6.07) is 6.55. The molecule has 3 N–H and O–H groups in total. The Hall–Kier alpha value is -3.24. The molecule has 7 nitrogen and oxygen atoms in total. The molecule has 0 saturated heterocycles. The minimum atomic E-state index is -4.49. The van der Waals surface area contributed by atoms with Crippen LogP contribution in [-0.4, -0.2) is 26.0 Å². The monoisotopic (exact) mass is 491 g/mol. The number of hydrogen-bond donors (Lipinski definition) is 3. The minimum Gasteiger partial charge on any atom is -0.385 e. The van der Waals surface area contributed by atoms with E-state index in [2.05, 4.69) is 25.6 Å². The summed E-state index contributed by atoms with van der Waals surface area (Å²) in [4.78, 5) is 24.8. The first kappa shape index (κ1) is 23.9. The molecule has 0 bridgehead atoms. The standard InChI is InChI=1S/C23H21ClF3N5O2/c1-2-22(34,14-3-4-14)16-10-18(24)29-12-17(16)31-21(33)13-7-8-28-20(9-13)32-19-6-5-15(11-30-19)23(25,26)27/h5-12,14,34H,2-4H2,1H3,(H,31,33)(H,28,30,32). The minimum absolute atomic E-state index is 0.0829. The highest BCUT2D eigenvalue weighted by Crippen LogP contribution is 2.49. The Morgan fingerprint density at radius 3 is 2.50 bits per heavy atom. The van der Waals surface area contributed by atoms with E-state index in [0.29, 0.717) is 23.9 Å². The van der Waals surface area contributed by atoms with Gasteiger partial charge in [0.2, 0.25) is 0 Å². The number of carbonyl (C=O) groups excluding carboxylic acids is 1. The van der Waals surface area contributed by atoms with Crippen molar-refractivity contribution in [3.63, 3.8) is 0 Å². The second kappa shape index (κ2) is 9.19. The molecule has 1 amide bonds. The summed E-state index contributed by atoms with van der Waals surface area (Å²) < 4.78 is 38.2. The first-order chi connectivity index (χ1) is 16.1. The van der Waals surface area contributed by atoms with Gasteiger partial charge < -0.3 is 15.7 Å². The number of carbonyl (C=O) groups is 1. The van der Waals surface area contributed by atoms with Crippen molar-refractivity contribution in [2.24, 2.45) is 5.92 Å². The van der Waals surface area contributed by atoms with Crippen molar-refractivity contribution >= 4 is 34.8 Å². The molecular weight excluding hydrogens is 471 g/mol. The first-order valence-corrected chi connectivity index (χ1v) is 10.9. The van der Waals surface area contributed by atoms with Crippen molar-refractivity contribution < 1.29 is 23.1 Å². The van der Waals surface area contributed by atoms with Crippen molar-refractivity contribution in [3.05, 3.63) is 70.8 Å². The second-order valence-corrected chi connectivity index (χ2v) is 8.43. The van der Waals surface area contributed by atoms with Gasteiger partial charge in [0.1, 0.15) is 16.8 Å².